The number of nitrogens with one attached hydrogen (secondary N) is 1. The van der Waals surface area contributed by atoms with Gasteiger partial charge in [-0.1, -0.05) is 11.6 Å². The molecule has 2 aromatic rings. The average Bonchev–Trinajstić information content (AvgIpc) is 2.93. The number of piperidine rings is 1. The van der Waals surface area contributed by atoms with Crippen LogP contribution in [0, 0.1) is 24.2 Å². The molecule has 0 bridgehead atoms. The largest absolute Gasteiger partial charge is 0.434 e. The summed E-state index contributed by atoms with van der Waals surface area (Å²) in [6.07, 6.45) is -3.82. The molecule has 0 spiro atoms. The standard InChI is InChI=1S/C18H19ClF3N5O/c1-9-12(19)13-14(24-9)15(11(8-23)16(25-13)18(20,21)22)27-6-4-10(5-7-27)17(28)26(2)3/h10,24H,4-7H2,1-3H3. The van der Waals surface area contributed by atoms with Crippen LogP contribution in [-0.4, -0.2) is 48.0 Å². The van der Waals surface area contributed by atoms with E-state index < -0.39 is 17.4 Å². The lowest BCUT2D eigenvalue weighted by atomic mass is 9.94. The lowest BCUT2D eigenvalue weighted by Gasteiger charge is -2.35. The maximum Gasteiger partial charge on any atom is 0.434 e. The van der Waals surface area contributed by atoms with E-state index in [1.54, 1.807) is 32.0 Å². The second kappa shape index (κ2) is 7.17. The maximum absolute atomic E-state index is 13.6. The van der Waals surface area contributed by atoms with Gasteiger partial charge in [-0.25, -0.2) is 4.98 Å². The van der Waals surface area contributed by atoms with Gasteiger partial charge in [-0.2, -0.15) is 18.4 Å². The predicted molar refractivity (Wildman–Crippen MR) is 99.2 cm³/mol. The van der Waals surface area contributed by atoms with Crippen LogP contribution < -0.4 is 4.90 Å². The van der Waals surface area contributed by atoms with E-state index in [1.165, 1.54) is 4.90 Å². The number of carbonyl (C=O) groups excluding carboxylic acids is 1. The Labute approximate surface area is 164 Å². The highest BCUT2D eigenvalue weighted by Gasteiger charge is 2.40. The molecule has 2 aromatic heterocycles. The minimum Gasteiger partial charge on any atom is -0.369 e. The number of amides is 1. The molecule has 0 radical (unpaired) electrons. The second-order valence-corrected chi connectivity index (χ2v) is 7.45. The fraction of sp³-hybridized carbons (Fsp3) is 0.500. The molecule has 1 N–H and O–H groups in total. The number of hydrogen-bond donors (Lipinski definition) is 1. The number of nitriles is 1. The Morgan fingerprint density at radius 1 is 1.36 bits per heavy atom. The summed E-state index contributed by atoms with van der Waals surface area (Å²) in [6, 6.07) is 1.68. The maximum atomic E-state index is 13.6. The summed E-state index contributed by atoms with van der Waals surface area (Å²) >= 11 is 6.16. The molecule has 3 rings (SSSR count). The number of pyridine rings is 1. The van der Waals surface area contributed by atoms with E-state index >= 15 is 0 Å². The van der Waals surface area contributed by atoms with Crippen LogP contribution in [0.3, 0.4) is 0 Å². The quantitative estimate of drug-likeness (QED) is 0.814. The zero-order valence-corrected chi connectivity index (χ0v) is 16.4. The number of alkyl halides is 3. The van der Waals surface area contributed by atoms with Crippen LogP contribution in [0.15, 0.2) is 0 Å². The van der Waals surface area contributed by atoms with Gasteiger partial charge in [0.15, 0.2) is 5.69 Å². The van der Waals surface area contributed by atoms with Gasteiger partial charge < -0.3 is 14.8 Å². The molecule has 0 aromatic carbocycles. The van der Waals surface area contributed by atoms with Crippen LogP contribution in [0.25, 0.3) is 11.0 Å². The van der Waals surface area contributed by atoms with E-state index in [2.05, 4.69) is 9.97 Å². The summed E-state index contributed by atoms with van der Waals surface area (Å²) in [7, 11) is 3.35. The molecular formula is C18H19ClF3N5O. The van der Waals surface area contributed by atoms with Crippen LogP contribution in [0.5, 0.6) is 0 Å². The van der Waals surface area contributed by atoms with Crippen LogP contribution in [-0.2, 0) is 11.0 Å². The topological polar surface area (TPSA) is 76.0 Å². The summed E-state index contributed by atoms with van der Waals surface area (Å²) in [5.41, 5.74) is -0.853. The number of rotatable bonds is 2. The van der Waals surface area contributed by atoms with Gasteiger partial charge in [0.2, 0.25) is 5.91 Å². The highest BCUT2D eigenvalue weighted by molar-refractivity contribution is 6.36. The molecule has 0 unspecified atom stereocenters. The highest BCUT2D eigenvalue weighted by Crippen LogP contribution is 2.42. The number of aryl methyl sites for hydroxylation is 1. The number of anilines is 1. The van der Waals surface area contributed by atoms with Gasteiger partial charge in [-0.3, -0.25) is 4.79 Å². The number of halogens is 4. The third-order valence-electron chi connectivity index (χ3n) is 5.00. The van der Waals surface area contributed by atoms with Gasteiger partial charge in [0.1, 0.15) is 17.1 Å². The molecule has 0 atom stereocenters. The summed E-state index contributed by atoms with van der Waals surface area (Å²) in [6.45, 7) is 2.34. The Kier molecular flexibility index (Phi) is 5.19. The molecule has 1 amide bonds. The van der Waals surface area contributed by atoms with Crippen molar-refractivity contribution in [2.24, 2.45) is 5.92 Å². The molecule has 1 aliphatic heterocycles. The summed E-state index contributed by atoms with van der Waals surface area (Å²) in [5.74, 6) is -0.194. The zero-order chi connectivity index (χ0) is 20.8. The number of hydrogen-bond acceptors (Lipinski definition) is 4. The summed E-state index contributed by atoms with van der Waals surface area (Å²) in [5, 5.41) is 9.62. The fourth-order valence-corrected chi connectivity index (χ4v) is 3.80. The Balaban J connectivity index is 2.11. The molecule has 0 aliphatic carbocycles. The van der Waals surface area contributed by atoms with Gasteiger partial charge in [-0.15, -0.1) is 0 Å². The van der Waals surface area contributed by atoms with Crippen molar-refractivity contribution in [1.82, 2.24) is 14.9 Å². The first-order valence-electron chi connectivity index (χ1n) is 8.71. The Morgan fingerprint density at radius 2 is 1.96 bits per heavy atom. The van der Waals surface area contributed by atoms with Crippen LogP contribution in [0.1, 0.15) is 29.8 Å². The minimum atomic E-state index is -4.79. The fourth-order valence-electron chi connectivity index (χ4n) is 3.61. The number of fused-ring (bicyclic) bond motifs is 1. The van der Waals surface area contributed by atoms with Crippen LogP contribution >= 0.6 is 11.6 Å². The van der Waals surface area contributed by atoms with E-state index in [9.17, 15) is 23.2 Å². The molecule has 3 heterocycles. The minimum absolute atomic E-state index is 0.00484. The molecule has 6 nitrogen and oxygen atoms in total. The molecular weight excluding hydrogens is 395 g/mol. The Morgan fingerprint density at radius 3 is 2.46 bits per heavy atom. The van der Waals surface area contributed by atoms with Gasteiger partial charge in [0.25, 0.3) is 0 Å². The third kappa shape index (κ3) is 3.37. The SMILES string of the molecule is Cc1[nH]c2c(N3CCC(C(=O)N(C)C)CC3)c(C#N)c(C(F)(F)F)nc2c1Cl. The first kappa shape index (κ1) is 20.3. The van der Waals surface area contributed by atoms with Crippen molar-refractivity contribution in [2.45, 2.75) is 25.9 Å². The van der Waals surface area contributed by atoms with Crippen molar-refractivity contribution < 1.29 is 18.0 Å². The second-order valence-electron chi connectivity index (χ2n) is 7.08. The predicted octanol–water partition coefficient (Wildman–Crippen LogP) is 3.72. The molecule has 1 fully saturated rings. The van der Waals surface area contributed by atoms with Gasteiger partial charge >= 0.3 is 6.18 Å². The van der Waals surface area contributed by atoms with Crippen LogP contribution in [0.2, 0.25) is 5.02 Å². The molecule has 150 valence electrons. The number of H-pyrrole nitrogens is 1. The first-order valence-corrected chi connectivity index (χ1v) is 9.09. The normalized spacial score (nSPS) is 15.7. The van der Waals surface area contributed by atoms with E-state index in [1.807, 2.05) is 0 Å². The van der Waals surface area contributed by atoms with Crippen LogP contribution in [0.4, 0.5) is 18.9 Å². The summed E-state index contributed by atoms with van der Waals surface area (Å²) in [4.78, 5) is 22.0. The van der Waals surface area contributed by atoms with E-state index in [0.717, 1.165) is 0 Å². The van der Waals surface area contributed by atoms with E-state index in [0.29, 0.717) is 37.1 Å². The molecule has 28 heavy (non-hydrogen) atoms. The molecule has 1 aliphatic rings. The summed E-state index contributed by atoms with van der Waals surface area (Å²) < 4.78 is 40.7. The molecule has 0 saturated carbocycles. The van der Waals surface area contributed by atoms with Crippen molar-refractivity contribution in [3.63, 3.8) is 0 Å². The number of nitrogens with zero attached hydrogens (tertiary/aromatic N) is 4. The van der Waals surface area contributed by atoms with E-state index in [4.69, 9.17) is 11.6 Å². The first-order chi connectivity index (χ1) is 13.1. The van der Waals surface area contributed by atoms with Crippen molar-refractivity contribution in [1.29, 1.82) is 5.26 Å². The Bertz CT molecular complexity index is 968. The van der Waals surface area contributed by atoms with Crippen molar-refractivity contribution >= 4 is 34.2 Å². The lowest BCUT2D eigenvalue weighted by Crippen LogP contribution is -2.40. The van der Waals surface area contributed by atoms with Crippen molar-refractivity contribution in [3.05, 3.63) is 22.0 Å². The van der Waals surface area contributed by atoms with E-state index in [-0.39, 0.29) is 28.1 Å². The Hall–Kier alpha value is -2.47. The average molecular weight is 414 g/mol. The van der Waals surface area contributed by atoms with Crippen molar-refractivity contribution in [2.75, 3.05) is 32.1 Å². The lowest BCUT2D eigenvalue weighted by molar-refractivity contribution is -0.141. The number of aromatic nitrogens is 2. The van der Waals surface area contributed by atoms with Crippen molar-refractivity contribution in [3.8, 4) is 6.07 Å². The zero-order valence-electron chi connectivity index (χ0n) is 15.6. The number of aromatic amines is 1. The van der Waals surface area contributed by atoms with Gasteiger partial charge in [0.05, 0.1) is 16.2 Å². The van der Waals surface area contributed by atoms with Gasteiger partial charge in [-0.05, 0) is 19.8 Å². The molecule has 1 saturated heterocycles. The molecule has 10 heteroatoms. The third-order valence-corrected chi connectivity index (χ3v) is 5.46. The number of carbonyl (C=O) groups is 1. The monoisotopic (exact) mass is 413 g/mol. The van der Waals surface area contributed by atoms with Gasteiger partial charge in [0, 0.05) is 38.8 Å². The smallest absolute Gasteiger partial charge is 0.369 e. The highest BCUT2D eigenvalue weighted by atomic mass is 35.5.